The van der Waals surface area contributed by atoms with Crippen molar-refractivity contribution in [3.8, 4) is 0 Å². The molecule has 3 aromatic rings. The lowest BCUT2D eigenvalue weighted by atomic mass is 9.87. The van der Waals surface area contributed by atoms with Gasteiger partial charge in [0, 0.05) is 13.0 Å². The van der Waals surface area contributed by atoms with Crippen molar-refractivity contribution < 1.29 is 4.79 Å². The standard InChI is InChI=1S/C25H28N4OS/c1-28(22-13-7-11-19-10-5-6-12-21(19)22)23(30)17-31-25-27-26-24(20-14-15-20)29(25)16-18-8-3-2-4-9-18/h2-6,8-10,12,20,22H,7,11,13-17H2,1H3. The number of carbonyl (C=O) groups is 1. The van der Waals surface area contributed by atoms with Crippen molar-refractivity contribution in [2.45, 2.75) is 55.8 Å². The zero-order valence-corrected chi connectivity index (χ0v) is 18.7. The lowest BCUT2D eigenvalue weighted by molar-refractivity contribution is -0.129. The first kappa shape index (κ1) is 20.3. The van der Waals surface area contributed by atoms with Crippen molar-refractivity contribution in [3.63, 3.8) is 0 Å². The molecule has 1 aromatic heterocycles. The number of hydrogen-bond donors (Lipinski definition) is 0. The second-order valence-electron chi connectivity index (χ2n) is 8.59. The summed E-state index contributed by atoms with van der Waals surface area (Å²) >= 11 is 1.51. The average Bonchev–Trinajstić information content (AvgIpc) is 3.58. The van der Waals surface area contributed by atoms with Crippen LogP contribution in [0.1, 0.15) is 60.2 Å². The topological polar surface area (TPSA) is 51.0 Å². The molecule has 6 heteroatoms. The highest BCUT2D eigenvalue weighted by Gasteiger charge is 2.31. The normalized spacial score (nSPS) is 17.9. The molecule has 160 valence electrons. The maximum Gasteiger partial charge on any atom is 0.233 e. The molecule has 0 saturated heterocycles. The molecule has 0 bridgehead atoms. The predicted molar refractivity (Wildman–Crippen MR) is 123 cm³/mol. The zero-order chi connectivity index (χ0) is 21.2. The number of aryl methyl sites for hydroxylation is 1. The SMILES string of the molecule is CN(C(=O)CSc1nnc(C2CC2)n1Cc1ccccc1)C1CCCc2ccccc21. The Morgan fingerprint density at radius 2 is 1.84 bits per heavy atom. The summed E-state index contributed by atoms with van der Waals surface area (Å²) in [5.41, 5.74) is 3.91. The molecule has 0 spiro atoms. The Morgan fingerprint density at radius 3 is 2.65 bits per heavy atom. The van der Waals surface area contributed by atoms with Gasteiger partial charge in [0.15, 0.2) is 5.16 Å². The number of rotatable bonds is 7. The Bertz CT molecular complexity index is 1060. The number of fused-ring (bicyclic) bond motifs is 1. The number of carbonyl (C=O) groups excluding carboxylic acids is 1. The fraction of sp³-hybridized carbons (Fsp3) is 0.400. The van der Waals surface area contributed by atoms with Crippen molar-refractivity contribution in [3.05, 3.63) is 77.1 Å². The third-order valence-electron chi connectivity index (χ3n) is 6.39. The van der Waals surface area contributed by atoms with Crippen LogP contribution in [0.5, 0.6) is 0 Å². The van der Waals surface area contributed by atoms with Gasteiger partial charge in [0.05, 0.1) is 18.3 Å². The first-order valence-corrected chi connectivity index (χ1v) is 12.1. The second-order valence-corrected chi connectivity index (χ2v) is 9.53. The number of hydrogen-bond acceptors (Lipinski definition) is 4. The van der Waals surface area contributed by atoms with Crippen molar-refractivity contribution in [2.75, 3.05) is 12.8 Å². The quantitative estimate of drug-likeness (QED) is 0.502. The van der Waals surface area contributed by atoms with Crippen LogP contribution in [0.15, 0.2) is 59.8 Å². The molecule has 5 rings (SSSR count). The monoisotopic (exact) mass is 432 g/mol. The molecule has 1 fully saturated rings. The van der Waals surface area contributed by atoms with Crippen LogP contribution in [0.2, 0.25) is 0 Å². The van der Waals surface area contributed by atoms with Crippen molar-refractivity contribution in [2.24, 2.45) is 0 Å². The van der Waals surface area contributed by atoms with Gasteiger partial charge in [-0.1, -0.05) is 66.4 Å². The summed E-state index contributed by atoms with van der Waals surface area (Å²) in [6, 6.07) is 19.1. The van der Waals surface area contributed by atoms with Gasteiger partial charge in [-0.2, -0.15) is 0 Å². The van der Waals surface area contributed by atoms with E-state index in [-0.39, 0.29) is 11.9 Å². The fourth-order valence-corrected chi connectivity index (χ4v) is 5.37. The van der Waals surface area contributed by atoms with Crippen LogP contribution in [0.3, 0.4) is 0 Å². The highest BCUT2D eigenvalue weighted by Crippen LogP contribution is 2.40. The van der Waals surface area contributed by atoms with E-state index in [9.17, 15) is 4.79 Å². The summed E-state index contributed by atoms with van der Waals surface area (Å²) in [5, 5.41) is 9.79. The average molecular weight is 433 g/mol. The van der Waals surface area contributed by atoms with Crippen LogP contribution in [0.4, 0.5) is 0 Å². The molecule has 1 unspecified atom stereocenters. The molecule has 1 saturated carbocycles. The molecule has 0 radical (unpaired) electrons. The van der Waals surface area contributed by atoms with Crippen LogP contribution >= 0.6 is 11.8 Å². The van der Waals surface area contributed by atoms with E-state index < -0.39 is 0 Å². The number of thioether (sulfide) groups is 1. The number of nitrogens with zero attached hydrogens (tertiary/aromatic N) is 4. The highest BCUT2D eigenvalue weighted by molar-refractivity contribution is 7.99. The molecular weight excluding hydrogens is 404 g/mol. The Kier molecular flexibility index (Phi) is 5.81. The smallest absolute Gasteiger partial charge is 0.233 e. The van der Waals surface area contributed by atoms with Gasteiger partial charge in [-0.25, -0.2) is 0 Å². The Morgan fingerprint density at radius 1 is 1.06 bits per heavy atom. The van der Waals surface area contributed by atoms with Gasteiger partial charge in [-0.15, -0.1) is 10.2 Å². The molecule has 2 aliphatic carbocycles. The van der Waals surface area contributed by atoms with E-state index in [0.717, 1.165) is 36.8 Å². The van der Waals surface area contributed by atoms with E-state index in [1.165, 1.54) is 41.3 Å². The number of aromatic nitrogens is 3. The first-order chi connectivity index (χ1) is 15.2. The van der Waals surface area contributed by atoms with Gasteiger partial charge in [0.25, 0.3) is 0 Å². The molecule has 0 N–H and O–H groups in total. The Hall–Kier alpha value is -2.60. The van der Waals surface area contributed by atoms with Crippen LogP contribution in [-0.2, 0) is 17.8 Å². The summed E-state index contributed by atoms with van der Waals surface area (Å²) in [6.45, 7) is 0.752. The molecule has 5 nitrogen and oxygen atoms in total. The second kappa shape index (κ2) is 8.87. The van der Waals surface area contributed by atoms with E-state index in [1.807, 2.05) is 18.0 Å². The Balaban J connectivity index is 1.29. The summed E-state index contributed by atoms with van der Waals surface area (Å²) < 4.78 is 2.21. The number of amides is 1. The molecule has 1 atom stereocenters. The van der Waals surface area contributed by atoms with Gasteiger partial charge in [0.2, 0.25) is 5.91 Å². The van der Waals surface area contributed by atoms with Gasteiger partial charge in [-0.3, -0.25) is 4.79 Å². The lowest BCUT2D eigenvalue weighted by Gasteiger charge is -2.33. The van der Waals surface area contributed by atoms with Crippen molar-refractivity contribution in [1.29, 1.82) is 0 Å². The van der Waals surface area contributed by atoms with E-state index in [4.69, 9.17) is 0 Å². The molecule has 1 heterocycles. The zero-order valence-electron chi connectivity index (χ0n) is 17.9. The van der Waals surface area contributed by atoms with Gasteiger partial charge in [-0.05, 0) is 48.8 Å². The minimum Gasteiger partial charge on any atom is -0.338 e. The van der Waals surface area contributed by atoms with E-state index >= 15 is 0 Å². The predicted octanol–water partition coefficient (Wildman–Crippen LogP) is 4.83. The minimum absolute atomic E-state index is 0.147. The van der Waals surface area contributed by atoms with Gasteiger partial charge >= 0.3 is 0 Å². The first-order valence-electron chi connectivity index (χ1n) is 11.1. The van der Waals surface area contributed by atoms with E-state index in [0.29, 0.717) is 11.7 Å². The van der Waals surface area contributed by atoms with Crippen LogP contribution in [-0.4, -0.2) is 38.4 Å². The van der Waals surface area contributed by atoms with Gasteiger partial charge in [0.1, 0.15) is 5.82 Å². The van der Waals surface area contributed by atoms with E-state index in [1.54, 1.807) is 0 Å². The largest absolute Gasteiger partial charge is 0.338 e. The van der Waals surface area contributed by atoms with Crippen LogP contribution < -0.4 is 0 Å². The lowest BCUT2D eigenvalue weighted by Crippen LogP contribution is -2.34. The van der Waals surface area contributed by atoms with Crippen molar-refractivity contribution >= 4 is 17.7 Å². The maximum atomic E-state index is 13.1. The van der Waals surface area contributed by atoms with Gasteiger partial charge < -0.3 is 9.47 Å². The molecule has 2 aliphatic rings. The summed E-state index contributed by atoms with van der Waals surface area (Å²) in [7, 11) is 1.94. The highest BCUT2D eigenvalue weighted by atomic mass is 32.2. The maximum absolute atomic E-state index is 13.1. The van der Waals surface area contributed by atoms with Crippen molar-refractivity contribution in [1.82, 2.24) is 19.7 Å². The van der Waals surface area contributed by atoms with Crippen LogP contribution in [0.25, 0.3) is 0 Å². The fourth-order valence-electron chi connectivity index (χ4n) is 4.50. The molecule has 1 amide bonds. The molecule has 0 aliphatic heterocycles. The summed E-state index contributed by atoms with van der Waals surface area (Å²) in [5.74, 6) is 2.11. The third kappa shape index (κ3) is 4.40. The minimum atomic E-state index is 0.147. The Labute approximate surface area is 187 Å². The molecule has 31 heavy (non-hydrogen) atoms. The third-order valence-corrected chi connectivity index (χ3v) is 7.35. The number of benzene rings is 2. The van der Waals surface area contributed by atoms with E-state index in [2.05, 4.69) is 63.3 Å². The summed E-state index contributed by atoms with van der Waals surface area (Å²) in [4.78, 5) is 15.0. The van der Waals surface area contributed by atoms with Crippen LogP contribution in [0, 0.1) is 0 Å². The molecule has 2 aromatic carbocycles. The summed E-state index contributed by atoms with van der Waals surface area (Å²) in [6.07, 6.45) is 5.62. The molecular formula is C25H28N4OS.